The number of halogens is 1. The zero-order chi connectivity index (χ0) is 26.6. The third-order valence-electron chi connectivity index (χ3n) is 4.74. The van der Waals surface area contributed by atoms with Crippen LogP contribution in [0.2, 0.25) is 0 Å². The molecule has 0 heterocycles. The molecule has 3 aromatic carbocycles. The molecule has 0 fully saturated rings. The summed E-state index contributed by atoms with van der Waals surface area (Å²) in [6.45, 7) is 4.29. The molecular formula is C29H38ClN3O4. The van der Waals surface area contributed by atoms with Crippen molar-refractivity contribution in [1.82, 2.24) is 0 Å². The van der Waals surface area contributed by atoms with Gasteiger partial charge in [-0.3, -0.25) is 9.59 Å². The molecule has 8 heteroatoms. The Balaban J connectivity index is 0.000000538. The van der Waals surface area contributed by atoms with E-state index in [1.54, 1.807) is 13.8 Å². The van der Waals surface area contributed by atoms with E-state index < -0.39 is 12.1 Å². The minimum absolute atomic E-state index is 0. The first kappa shape index (κ1) is 33.5. The fourth-order valence-corrected chi connectivity index (χ4v) is 2.95. The van der Waals surface area contributed by atoms with Gasteiger partial charge in [-0.05, 0) is 43.4 Å². The van der Waals surface area contributed by atoms with Gasteiger partial charge in [0.1, 0.15) is 12.1 Å². The molecule has 0 bridgehead atoms. The average Bonchev–Trinajstić information content (AvgIpc) is 2.91. The van der Waals surface area contributed by atoms with Crippen LogP contribution >= 0.6 is 12.4 Å². The molecule has 3 rings (SSSR count). The van der Waals surface area contributed by atoms with E-state index >= 15 is 0 Å². The molecule has 0 saturated heterocycles. The molecule has 0 radical (unpaired) electrons. The van der Waals surface area contributed by atoms with Crippen molar-refractivity contribution in [3.05, 3.63) is 108 Å². The van der Waals surface area contributed by atoms with Crippen molar-refractivity contribution >= 4 is 30.6 Å². The second-order valence-electron chi connectivity index (χ2n) is 7.65. The van der Waals surface area contributed by atoms with Crippen LogP contribution in [0.5, 0.6) is 0 Å². The number of hydrogen-bond donors (Lipinski definition) is 3. The van der Waals surface area contributed by atoms with Crippen LogP contribution in [-0.2, 0) is 31.9 Å². The van der Waals surface area contributed by atoms with Gasteiger partial charge in [0.05, 0.1) is 13.2 Å². The van der Waals surface area contributed by atoms with Gasteiger partial charge >= 0.3 is 11.9 Å². The number of rotatable bonds is 9. The minimum atomic E-state index is -0.558. The average molecular weight is 528 g/mol. The van der Waals surface area contributed by atoms with E-state index in [2.05, 4.69) is 0 Å². The van der Waals surface area contributed by atoms with Crippen molar-refractivity contribution in [1.29, 1.82) is 5.41 Å². The van der Waals surface area contributed by atoms with E-state index in [-0.39, 0.29) is 24.3 Å². The summed E-state index contributed by atoms with van der Waals surface area (Å²) in [5, 5.41) is 6.82. The maximum atomic E-state index is 11.2. The van der Waals surface area contributed by atoms with E-state index in [4.69, 9.17) is 26.4 Å². The fraction of sp³-hybridized carbons (Fsp3) is 0.276. The van der Waals surface area contributed by atoms with E-state index in [0.29, 0.717) is 26.1 Å². The van der Waals surface area contributed by atoms with Gasteiger partial charge in [-0.2, -0.15) is 0 Å². The number of ether oxygens (including phenoxy) is 2. The molecular weight excluding hydrogens is 490 g/mol. The lowest BCUT2D eigenvalue weighted by Crippen LogP contribution is -2.34. The van der Waals surface area contributed by atoms with Crippen molar-refractivity contribution in [2.75, 3.05) is 13.2 Å². The summed E-state index contributed by atoms with van der Waals surface area (Å²) >= 11 is 0. The first-order valence-electron chi connectivity index (χ1n) is 11.9. The number of esters is 2. The van der Waals surface area contributed by atoms with E-state index in [1.807, 2.05) is 91.0 Å². The molecule has 2 atom stereocenters. The van der Waals surface area contributed by atoms with Crippen LogP contribution in [0.3, 0.4) is 0 Å². The van der Waals surface area contributed by atoms with Gasteiger partial charge in [0, 0.05) is 6.21 Å². The van der Waals surface area contributed by atoms with Gasteiger partial charge < -0.3 is 26.4 Å². The summed E-state index contributed by atoms with van der Waals surface area (Å²) in [5.74, 6) is -0.673. The van der Waals surface area contributed by atoms with Crippen LogP contribution in [0.25, 0.3) is 0 Å². The summed E-state index contributed by atoms with van der Waals surface area (Å²) in [4.78, 5) is 22.4. The molecule has 0 amide bonds. The standard InChI is InChI=1S/2C11H15NO2.C7H7N.ClH/c2*1-2-14-11(13)10(12)8-9-6-4-3-5-7-9;8-6-7-4-2-1-3-5-7;/h2*3-7,10H,2,8,12H2,1H3;1-6,8H;1H/t10-;;;/m0.../s1. The minimum Gasteiger partial charge on any atom is -0.465 e. The molecule has 37 heavy (non-hydrogen) atoms. The zero-order valence-corrected chi connectivity index (χ0v) is 22.2. The summed E-state index contributed by atoms with van der Waals surface area (Å²) in [7, 11) is 0. The Hall–Kier alpha value is -3.52. The lowest BCUT2D eigenvalue weighted by Gasteiger charge is -2.09. The van der Waals surface area contributed by atoms with Gasteiger partial charge in [-0.15, -0.1) is 12.4 Å². The summed E-state index contributed by atoms with van der Waals surface area (Å²) < 4.78 is 9.62. The first-order chi connectivity index (χ1) is 17.4. The lowest BCUT2D eigenvalue weighted by molar-refractivity contribution is -0.145. The molecule has 0 aromatic heterocycles. The Morgan fingerprint density at radius 2 is 1.03 bits per heavy atom. The van der Waals surface area contributed by atoms with Gasteiger partial charge in [0.25, 0.3) is 0 Å². The summed E-state index contributed by atoms with van der Waals surface area (Å²) in [5.41, 5.74) is 14.4. The van der Waals surface area contributed by atoms with Gasteiger partial charge in [0.2, 0.25) is 0 Å². The number of carbonyl (C=O) groups excluding carboxylic acids is 2. The third-order valence-corrected chi connectivity index (χ3v) is 4.74. The Labute approximate surface area is 226 Å². The Morgan fingerprint density at radius 1 is 0.703 bits per heavy atom. The fourth-order valence-electron chi connectivity index (χ4n) is 2.95. The highest BCUT2D eigenvalue weighted by atomic mass is 35.5. The van der Waals surface area contributed by atoms with Crippen LogP contribution < -0.4 is 11.5 Å². The Bertz CT molecular complexity index is 944. The molecule has 1 unspecified atom stereocenters. The molecule has 0 aliphatic rings. The Morgan fingerprint density at radius 3 is 1.30 bits per heavy atom. The molecule has 200 valence electrons. The van der Waals surface area contributed by atoms with Crippen LogP contribution in [0.4, 0.5) is 0 Å². The molecule has 5 N–H and O–H groups in total. The maximum absolute atomic E-state index is 11.2. The SMILES string of the molecule is CCOC(=O)C(N)Cc1ccccc1.CCOC(=O)[C@@H](N)Cc1ccccc1.Cl.N=Cc1ccccc1. The van der Waals surface area contributed by atoms with Crippen LogP contribution in [-0.4, -0.2) is 43.5 Å². The lowest BCUT2D eigenvalue weighted by atomic mass is 10.1. The smallest absolute Gasteiger partial charge is 0.323 e. The number of benzene rings is 3. The largest absolute Gasteiger partial charge is 0.465 e. The molecule has 3 aromatic rings. The predicted octanol–water partition coefficient (Wildman–Crippen LogP) is 4.35. The summed E-state index contributed by atoms with van der Waals surface area (Å²) in [6.07, 6.45) is 2.39. The molecule has 0 aliphatic heterocycles. The molecule has 7 nitrogen and oxygen atoms in total. The number of nitrogens with two attached hydrogens (primary N) is 2. The zero-order valence-electron chi connectivity index (χ0n) is 21.4. The van der Waals surface area contributed by atoms with Crippen LogP contribution in [0.15, 0.2) is 91.0 Å². The van der Waals surface area contributed by atoms with E-state index in [1.165, 1.54) is 6.21 Å². The van der Waals surface area contributed by atoms with E-state index in [9.17, 15) is 9.59 Å². The highest BCUT2D eigenvalue weighted by Crippen LogP contribution is 2.03. The topological polar surface area (TPSA) is 128 Å². The van der Waals surface area contributed by atoms with Gasteiger partial charge in [-0.1, -0.05) is 91.0 Å². The Kier molecular flexibility index (Phi) is 18.7. The summed E-state index contributed by atoms with van der Waals surface area (Å²) in [6, 6.07) is 27.8. The normalized spacial score (nSPS) is 11.0. The highest BCUT2D eigenvalue weighted by molar-refractivity contribution is 5.85. The number of hydrogen-bond acceptors (Lipinski definition) is 7. The third kappa shape index (κ3) is 15.3. The van der Waals surface area contributed by atoms with Crippen molar-refractivity contribution in [2.45, 2.75) is 38.8 Å². The first-order valence-corrected chi connectivity index (χ1v) is 11.9. The van der Waals surface area contributed by atoms with Crippen molar-refractivity contribution in [3.63, 3.8) is 0 Å². The van der Waals surface area contributed by atoms with Crippen LogP contribution in [0, 0.1) is 5.41 Å². The second kappa shape index (κ2) is 20.7. The predicted molar refractivity (Wildman–Crippen MR) is 151 cm³/mol. The highest BCUT2D eigenvalue weighted by Gasteiger charge is 2.15. The quantitative estimate of drug-likeness (QED) is 0.280. The maximum Gasteiger partial charge on any atom is 0.323 e. The molecule has 0 spiro atoms. The van der Waals surface area contributed by atoms with Gasteiger partial charge in [0.15, 0.2) is 0 Å². The van der Waals surface area contributed by atoms with Gasteiger partial charge in [-0.25, -0.2) is 0 Å². The van der Waals surface area contributed by atoms with Crippen molar-refractivity contribution < 1.29 is 19.1 Å². The monoisotopic (exact) mass is 527 g/mol. The number of nitrogens with one attached hydrogen (secondary N) is 1. The van der Waals surface area contributed by atoms with E-state index in [0.717, 1.165) is 16.7 Å². The molecule has 0 saturated carbocycles. The second-order valence-corrected chi connectivity index (χ2v) is 7.65. The molecule has 0 aliphatic carbocycles. The van der Waals surface area contributed by atoms with Crippen molar-refractivity contribution in [3.8, 4) is 0 Å². The van der Waals surface area contributed by atoms with Crippen molar-refractivity contribution in [2.24, 2.45) is 11.5 Å². The number of carbonyl (C=O) groups is 2. The van der Waals surface area contributed by atoms with Crippen LogP contribution in [0.1, 0.15) is 30.5 Å².